The van der Waals surface area contributed by atoms with E-state index in [1.54, 1.807) is 12.1 Å². The summed E-state index contributed by atoms with van der Waals surface area (Å²) in [5.74, 6) is 0.107. The standard InChI is InChI=1S/C9H12FIOSi/c10-8-3-2-7(11)6-9(8)12-4-1-5-13/h2-3,6H,1,4-5H2,13H3. The zero-order valence-corrected chi connectivity index (χ0v) is 11.7. The molecule has 0 atom stereocenters. The molecule has 0 saturated carbocycles. The monoisotopic (exact) mass is 310 g/mol. The van der Waals surface area contributed by atoms with Crippen LogP contribution in [0.25, 0.3) is 0 Å². The van der Waals surface area contributed by atoms with E-state index in [-0.39, 0.29) is 5.82 Å². The van der Waals surface area contributed by atoms with Crippen LogP contribution in [0.15, 0.2) is 18.2 Å². The van der Waals surface area contributed by atoms with Gasteiger partial charge in [-0.2, -0.15) is 0 Å². The molecule has 0 bridgehead atoms. The fraction of sp³-hybridized carbons (Fsp3) is 0.333. The van der Waals surface area contributed by atoms with Crippen molar-refractivity contribution in [1.82, 2.24) is 0 Å². The van der Waals surface area contributed by atoms with Crippen molar-refractivity contribution in [3.05, 3.63) is 27.6 Å². The number of benzene rings is 1. The molecule has 1 aromatic rings. The quantitative estimate of drug-likeness (QED) is 0.469. The molecule has 0 heterocycles. The second kappa shape index (κ2) is 5.59. The maximum Gasteiger partial charge on any atom is 0.165 e. The molecule has 0 aliphatic rings. The molecule has 0 N–H and O–H groups in total. The van der Waals surface area contributed by atoms with Gasteiger partial charge in [0.05, 0.1) is 6.61 Å². The number of rotatable bonds is 4. The first kappa shape index (κ1) is 11.0. The van der Waals surface area contributed by atoms with Crippen LogP contribution in [0.4, 0.5) is 4.39 Å². The van der Waals surface area contributed by atoms with Crippen molar-refractivity contribution in [2.45, 2.75) is 12.5 Å². The average Bonchev–Trinajstić information content (AvgIpc) is 2.11. The van der Waals surface area contributed by atoms with Crippen LogP contribution >= 0.6 is 22.6 Å². The Balaban J connectivity index is 2.59. The van der Waals surface area contributed by atoms with Gasteiger partial charge in [-0.1, -0.05) is 6.04 Å². The second-order valence-corrected chi connectivity index (χ2v) is 5.02. The molecule has 0 aliphatic carbocycles. The van der Waals surface area contributed by atoms with Crippen molar-refractivity contribution >= 4 is 32.8 Å². The summed E-state index contributed by atoms with van der Waals surface area (Å²) in [5.41, 5.74) is 0. The summed E-state index contributed by atoms with van der Waals surface area (Å²) < 4.78 is 19.4. The summed E-state index contributed by atoms with van der Waals surface area (Å²) in [5, 5.41) is 0. The van der Waals surface area contributed by atoms with Crippen molar-refractivity contribution in [2.75, 3.05) is 6.61 Å². The zero-order valence-electron chi connectivity index (χ0n) is 7.52. The van der Waals surface area contributed by atoms with Crippen LogP contribution < -0.4 is 4.74 Å². The predicted molar refractivity (Wildman–Crippen MR) is 64.0 cm³/mol. The molecule has 0 fully saturated rings. The Morgan fingerprint density at radius 1 is 1.46 bits per heavy atom. The smallest absolute Gasteiger partial charge is 0.165 e. The Labute approximate surface area is 94.2 Å². The summed E-state index contributed by atoms with van der Waals surface area (Å²) in [6.07, 6.45) is 1.02. The van der Waals surface area contributed by atoms with Gasteiger partial charge in [0, 0.05) is 13.8 Å². The lowest BCUT2D eigenvalue weighted by Crippen LogP contribution is -1.99. The molecule has 72 valence electrons. The highest BCUT2D eigenvalue weighted by molar-refractivity contribution is 14.1. The summed E-state index contributed by atoms with van der Waals surface area (Å²) in [6.45, 7) is 0.626. The maximum atomic E-state index is 13.1. The van der Waals surface area contributed by atoms with Crippen LogP contribution in [0.2, 0.25) is 6.04 Å². The lowest BCUT2D eigenvalue weighted by Gasteiger charge is -2.06. The molecular weight excluding hydrogens is 298 g/mol. The highest BCUT2D eigenvalue weighted by Crippen LogP contribution is 2.19. The van der Waals surface area contributed by atoms with Crippen LogP contribution in [-0.2, 0) is 0 Å². The van der Waals surface area contributed by atoms with Gasteiger partial charge in [-0.15, -0.1) is 0 Å². The molecule has 0 amide bonds. The minimum atomic E-state index is -0.270. The van der Waals surface area contributed by atoms with E-state index >= 15 is 0 Å². The minimum Gasteiger partial charge on any atom is -0.490 e. The topological polar surface area (TPSA) is 9.23 Å². The van der Waals surface area contributed by atoms with Crippen LogP contribution in [0.5, 0.6) is 5.75 Å². The second-order valence-electron chi connectivity index (χ2n) is 2.78. The van der Waals surface area contributed by atoms with E-state index in [0.29, 0.717) is 12.4 Å². The summed E-state index contributed by atoms with van der Waals surface area (Å²) in [6, 6.07) is 6.10. The van der Waals surface area contributed by atoms with Gasteiger partial charge in [0.2, 0.25) is 0 Å². The fourth-order valence-corrected chi connectivity index (χ4v) is 1.67. The zero-order chi connectivity index (χ0) is 9.68. The molecule has 0 spiro atoms. The fourth-order valence-electron chi connectivity index (χ4n) is 0.914. The first-order valence-electron chi connectivity index (χ1n) is 4.32. The molecule has 13 heavy (non-hydrogen) atoms. The largest absolute Gasteiger partial charge is 0.490 e. The molecule has 4 heteroatoms. The Morgan fingerprint density at radius 2 is 2.23 bits per heavy atom. The van der Waals surface area contributed by atoms with Crippen LogP contribution in [0.1, 0.15) is 6.42 Å². The van der Waals surface area contributed by atoms with Crippen LogP contribution in [0, 0.1) is 9.39 Å². The van der Waals surface area contributed by atoms with Crippen molar-refractivity contribution in [2.24, 2.45) is 0 Å². The molecule has 0 aliphatic heterocycles. The molecule has 0 saturated heterocycles. The minimum absolute atomic E-state index is 0.270. The molecule has 1 nitrogen and oxygen atoms in total. The lowest BCUT2D eigenvalue weighted by molar-refractivity contribution is 0.301. The lowest BCUT2D eigenvalue weighted by atomic mass is 10.3. The normalized spacial score (nSPS) is 10.3. The average molecular weight is 310 g/mol. The van der Waals surface area contributed by atoms with E-state index < -0.39 is 0 Å². The van der Waals surface area contributed by atoms with E-state index in [1.807, 2.05) is 0 Å². The molecule has 0 aromatic heterocycles. The summed E-state index contributed by atoms with van der Waals surface area (Å²) in [4.78, 5) is 0. The first-order chi connectivity index (χ1) is 6.24. The van der Waals surface area contributed by atoms with E-state index in [0.717, 1.165) is 9.99 Å². The third-order valence-electron chi connectivity index (χ3n) is 1.65. The van der Waals surface area contributed by atoms with E-state index in [4.69, 9.17) is 4.74 Å². The molecular formula is C9H12FIOSi. The molecule has 1 rings (SSSR count). The Kier molecular flexibility index (Phi) is 4.72. The number of halogens is 2. The van der Waals surface area contributed by atoms with E-state index in [1.165, 1.54) is 22.4 Å². The molecule has 0 radical (unpaired) electrons. The Bertz CT molecular complexity index is 280. The maximum absolute atomic E-state index is 13.1. The predicted octanol–water partition coefficient (Wildman–Crippen LogP) is 1.98. The molecule has 1 aromatic carbocycles. The summed E-state index contributed by atoms with van der Waals surface area (Å²) in [7, 11) is 1.19. The Hall–Kier alpha value is -0.103. The van der Waals surface area contributed by atoms with Gasteiger partial charge >= 0.3 is 0 Å². The highest BCUT2D eigenvalue weighted by Gasteiger charge is 2.02. The van der Waals surface area contributed by atoms with Gasteiger partial charge in [-0.3, -0.25) is 0 Å². The summed E-state index contributed by atoms with van der Waals surface area (Å²) >= 11 is 2.14. The number of ether oxygens (including phenoxy) is 1. The number of hydrogen-bond acceptors (Lipinski definition) is 1. The third-order valence-corrected chi connectivity index (χ3v) is 3.03. The van der Waals surface area contributed by atoms with Crippen molar-refractivity contribution in [3.63, 3.8) is 0 Å². The van der Waals surface area contributed by atoms with Gasteiger partial charge in [0.25, 0.3) is 0 Å². The third kappa shape index (κ3) is 3.64. The first-order valence-corrected chi connectivity index (χ1v) is 6.81. The SMILES string of the molecule is Fc1ccc(I)cc1OCCC[SiH3]. The van der Waals surface area contributed by atoms with Gasteiger partial charge in [-0.05, 0) is 47.2 Å². The van der Waals surface area contributed by atoms with Crippen molar-refractivity contribution in [3.8, 4) is 5.75 Å². The van der Waals surface area contributed by atoms with Crippen LogP contribution in [0.3, 0.4) is 0 Å². The van der Waals surface area contributed by atoms with E-state index in [2.05, 4.69) is 22.6 Å². The van der Waals surface area contributed by atoms with E-state index in [9.17, 15) is 4.39 Å². The van der Waals surface area contributed by atoms with Gasteiger partial charge in [0.1, 0.15) is 0 Å². The number of hydrogen-bond donors (Lipinski definition) is 0. The Morgan fingerprint density at radius 3 is 2.92 bits per heavy atom. The van der Waals surface area contributed by atoms with Gasteiger partial charge in [0.15, 0.2) is 11.6 Å². The van der Waals surface area contributed by atoms with Crippen molar-refractivity contribution < 1.29 is 9.13 Å². The van der Waals surface area contributed by atoms with Gasteiger partial charge in [-0.25, -0.2) is 4.39 Å². The van der Waals surface area contributed by atoms with Gasteiger partial charge < -0.3 is 4.74 Å². The van der Waals surface area contributed by atoms with Crippen LogP contribution in [-0.4, -0.2) is 16.8 Å². The van der Waals surface area contributed by atoms with Crippen molar-refractivity contribution in [1.29, 1.82) is 0 Å². The highest BCUT2D eigenvalue weighted by atomic mass is 127. The molecule has 0 unspecified atom stereocenters.